The molecular weight excluding hydrogens is 264 g/mol. The lowest BCUT2D eigenvalue weighted by atomic mass is 9.82. The van der Waals surface area contributed by atoms with Crippen LogP contribution in [0, 0.1) is 5.92 Å². The molecule has 0 spiro atoms. The summed E-state index contributed by atoms with van der Waals surface area (Å²) >= 11 is 0. The molecule has 110 valence electrons. The Balaban J connectivity index is 2.43. The summed E-state index contributed by atoms with van der Waals surface area (Å²) in [5.74, 6) is -1.27. The van der Waals surface area contributed by atoms with Crippen molar-refractivity contribution < 1.29 is 14.6 Å². The van der Waals surface area contributed by atoms with Gasteiger partial charge in [-0.15, -0.1) is 6.58 Å². The molecule has 0 bridgehead atoms. The van der Waals surface area contributed by atoms with Crippen molar-refractivity contribution in [3.05, 3.63) is 60.7 Å². The molecule has 21 heavy (non-hydrogen) atoms. The second-order valence-corrected chi connectivity index (χ2v) is 5.17. The van der Waals surface area contributed by atoms with E-state index in [9.17, 15) is 9.90 Å². The van der Waals surface area contributed by atoms with Crippen LogP contribution in [0.1, 0.15) is 19.4 Å². The lowest BCUT2D eigenvalue weighted by Gasteiger charge is -2.30. The molecule has 0 amide bonds. The number of hydrogen-bond donors (Lipinski definition) is 1. The zero-order valence-electron chi connectivity index (χ0n) is 12.4. The van der Waals surface area contributed by atoms with E-state index in [1.807, 2.05) is 42.5 Å². The van der Waals surface area contributed by atoms with Crippen molar-refractivity contribution in [2.45, 2.75) is 19.4 Å². The second kappa shape index (κ2) is 6.10. The minimum atomic E-state index is -1.36. The van der Waals surface area contributed by atoms with Gasteiger partial charge in [-0.25, -0.2) is 0 Å². The van der Waals surface area contributed by atoms with Gasteiger partial charge in [-0.3, -0.25) is 4.79 Å². The average Bonchev–Trinajstić information content (AvgIpc) is 2.47. The molecule has 0 saturated heterocycles. The van der Waals surface area contributed by atoms with Crippen molar-refractivity contribution in [1.82, 2.24) is 0 Å². The van der Waals surface area contributed by atoms with Crippen LogP contribution in [0.2, 0.25) is 0 Å². The highest BCUT2D eigenvalue weighted by Gasteiger charge is 2.37. The molecule has 3 nitrogen and oxygen atoms in total. The Morgan fingerprint density at radius 1 is 1.33 bits per heavy atom. The van der Waals surface area contributed by atoms with Crippen LogP contribution in [0.4, 0.5) is 0 Å². The van der Waals surface area contributed by atoms with E-state index in [2.05, 4.69) is 6.58 Å². The Morgan fingerprint density at radius 3 is 2.62 bits per heavy atom. The molecule has 2 aromatic rings. The molecule has 3 heteroatoms. The number of ether oxygens (including phenoxy) is 1. The maximum atomic E-state index is 12.0. The SMILES string of the molecule is C=C[C@@H](C(=O)OCC)[C@@](C)(O)c1ccc2ccccc2c1. The maximum absolute atomic E-state index is 12.0. The first-order chi connectivity index (χ1) is 10.0. The van der Waals surface area contributed by atoms with Gasteiger partial charge in [0.2, 0.25) is 0 Å². The maximum Gasteiger partial charge on any atom is 0.316 e. The molecule has 2 atom stereocenters. The average molecular weight is 284 g/mol. The summed E-state index contributed by atoms with van der Waals surface area (Å²) in [5, 5.41) is 12.9. The molecule has 2 aromatic carbocycles. The Kier molecular flexibility index (Phi) is 4.43. The minimum Gasteiger partial charge on any atom is -0.465 e. The lowest BCUT2D eigenvalue weighted by molar-refractivity contribution is -0.154. The third kappa shape index (κ3) is 2.98. The third-order valence-corrected chi connectivity index (χ3v) is 3.72. The number of benzene rings is 2. The molecule has 0 saturated carbocycles. The number of aliphatic hydroxyl groups is 1. The molecular formula is C18H20O3. The van der Waals surface area contributed by atoms with E-state index >= 15 is 0 Å². The Hall–Kier alpha value is -2.13. The molecule has 0 radical (unpaired) electrons. The van der Waals surface area contributed by atoms with E-state index in [-0.39, 0.29) is 6.61 Å². The summed E-state index contributed by atoms with van der Waals surface area (Å²) in [6.07, 6.45) is 1.44. The first-order valence-electron chi connectivity index (χ1n) is 7.01. The normalized spacial score (nSPS) is 15.2. The summed E-state index contributed by atoms with van der Waals surface area (Å²) in [6.45, 7) is 7.28. The molecule has 0 heterocycles. The first kappa shape index (κ1) is 15.3. The van der Waals surface area contributed by atoms with Gasteiger partial charge in [0, 0.05) is 0 Å². The summed E-state index contributed by atoms with van der Waals surface area (Å²) in [6, 6.07) is 13.5. The summed E-state index contributed by atoms with van der Waals surface area (Å²) in [5.41, 5.74) is -0.697. The van der Waals surface area contributed by atoms with E-state index in [1.165, 1.54) is 6.08 Å². The largest absolute Gasteiger partial charge is 0.465 e. The zero-order chi connectivity index (χ0) is 15.5. The number of rotatable bonds is 5. The highest BCUT2D eigenvalue weighted by atomic mass is 16.5. The van der Waals surface area contributed by atoms with Crippen LogP contribution < -0.4 is 0 Å². The Bertz CT molecular complexity index is 658. The first-order valence-corrected chi connectivity index (χ1v) is 7.01. The Morgan fingerprint density at radius 2 is 2.00 bits per heavy atom. The molecule has 0 aliphatic rings. The van der Waals surface area contributed by atoms with Gasteiger partial charge in [0.15, 0.2) is 0 Å². The van der Waals surface area contributed by atoms with Crippen molar-refractivity contribution in [2.75, 3.05) is 6.61 Å². The fraction of sp³-hybridized carbons (Fsp3) is 0.278. The number of fused-ring (bicyclic) bond motifs is 1. The van der Waals surface area contributed by atoms with Crippen LogP contribution >= 0.6 is 0 Å². The Labute approximate surface area is 124 Å². The molecule has 0 aromatic heterocycles. The van der Waals surface area contributed by atoms with Gasteiger partial charge >= 0.3 is 5.97 Å². The highest BCUT2D eigenvalue weighted by molar-refractivity contribution is 5.84. The van der Waals surface area contributed by atoms with Gasteiger partial charge < -0.3 is 9.84 Å². The molecule has 0 unspecified atom stereocenters. The predicted octanol–water partition coefficient (Wildman–Crippen LogP) is 3.41. The van der Waals surface area contributed by atoms with Gasteiger partial charge in [0.1, 0.15) is 11.5 Å². The fourth-order valence-corrected chi connectivity index (χ4v) is 2.47. The number of carbonyl (C=O) groups excluding carboxylic acids is 1. The van der Waals surface area contributed by atoms with E-state index in [1.54, 1.807) is 13.8 Å². The summed E-state index contributed by atoms with van der Waals surface area (Å²) in [7, 11) is 0. The summed E-state index contributed by atoms with van der Waals surface area (Å²) in [4.78, 5) is 12.0. The van der Waals surface area contributed by atoms with Crippen LogP contribution in [0.5, 0.6) is 0 Å². The second-order valence-electron chi connectivity index (χ2n) is 5.17. The van der Waals surface area contributed by atoms with Crippen LogP contribution in [0.3, 0.4) is 0 Å². The number of carbonyl (C=O) groups is 1. The molecule has 2 rings (SSSR count). The van der Waals surface area contributed by atoms with Crippen molar-refractivity contribution >= 4 is 16.7 Å². The standard InChI is InChI=1S/C18H20O3/c1-4-16(17(19)21-5-2)18(3,20)15-11-10-13-8-6-7-9-14(13)12-15/h4,6-12,16,20H,1,5H2,2-3H3/t16-,18-/m0/s1. The molecule has 0 aliphatic carbocycles. The van der Waals surface area contributed by atoms with Crippen LogP contribution in [-0.2, 0) is 15.1 Å². The van der Waals surface area contributed by atoms with E-state index in [4.69, 9.17) is 4.74 Å². The van der Waals surface area contributed by atoms with Crippen LogP contribution in [-0.4, -0.2) is 17.7 Å². The minimum absolute atomic E-state index is 0.275. The summed E-state index contributed by atoms with van der Waals surface area (Å²) < 4.78 is 5.02. The highest BCUT2D eigenvalue weighted by Crippen LogP contribution is 2.33. The lowest BCUT2D eigenvalue weighted by Crippen LogP contribution is -2.37. The number of esters is 1. The van der Waals surface area contributed by atoms with E-state index in [0.717, 1.165) is 10.8 Å². The monoisotopic (exact) mass is 284 g/mol. The van der Waals surface area contributed by atoms with Crippen molar-refractivity contribution in [2.24, 2.45) is 5.92 Å². The van der Waals surface area contributed by atoms with E-state index < -0.39 is 17.5 Å². The van der Waals surface area contributed by atoms with Crippen LogP contribution in [0.15, 0.2) is 55.1 Å². The smallest absolute Gasteiger partial charge is 0.316 e. The van der Waals surface area contributed by atoms with Gasteiger partial charge in [-0.1, -0.05) is 42.5 Å². The molecule has 0 fully saturated rings. The van der Waals surface area contributed by atoms with Gasteiger partial charge in [-0.05, 0) is 36.2 Å². The quantitative estimate of drug-likeness (QED) is 0.676. The number of hydrogen-bond acceptors (Lipinski definition) is 3. The van der Waals surface area contributed by atoms with Crippen molar-refractivity contribution in [3.63, 3.8) is 0 Å². The van der Waals surface area contributed by atoms with Crippen molar-refractivity contribution in [1.29, 1.82) is 0 Å². The fourth-order valence-electron chi connectivity index (χ4n) is 2.47. The van der Waals surface area contributed by atoms with Gasteiger partial charge in [-0.2, -0.15) is 0 Å². The van der Waals surface area contributed by atoms with Crippen LogP contribution in [0.25, 0.3) is 10.8 Å². The topological polar surface area (TPSA) is 46.5 Å². The molecule has 0 aliphatic heterocycles. The van der Waals surface area contributed by atoms with Gasteiger partial charge in [0.25, 0.3) is 0 Å². The van der Waals surface area contributed by atoms with E-state index in [0.29, 0.717) is 5.56 Å². The third-order valence-electron chi connectivity index (χ3n) is 3.72. The van der Waals surface area contributed by atoms with Gasteiger partial charge in [0.05, 0.1) is 6.61 Å². The predicted molar refractivity (Wildman–Crippen MR) is 83.8 cm³/mol. The molecule has 1 N–H and O–H groups in total. The van der Waals surface area contributed by atoms with Crippen molar-refractivity contribution in [3.8, 4) is 0 Å². The zero-order valence-corrected chi connectivity index (χ0v) is 12.4.